The maximum atomic E-state index is 13.7. The Kier molecular flexibility index (Phi) is 12.2. The van der Waals surface area contributed by atoms with Crippen LogP contribution in [0.1, 0.15) is 43.7 Å². The van der Waals surface area contributed by atoms with Crippen LogP contribution in [0.4, 0.5) is 14.6 Å². The van der Waals surface area contributed by atoms with Crippen molar-refractivity contribution in [1.29, 1.82) is 0 Å². The minimum Gasteiger partial charge on any atom is -0.870 e. The van der Waals surface area contributed by atoms with E-state index >= 15 is 0 Å². The Hall–Kier alpha value is -1.76. The second-order valence-electron chi connectivity index (χ2n) is 9.09. The average Bonchev–Trinajstić information content (AvgIpc) is 3.41. The zero-order chi connectivity index (χ0) is 25.4. The molecule has 210 valence electrons. The summed E-state index contributed by atoms with van der Waals surface area (Å²) >= 11 is 1.48. The van der Waals surface area contributed by atoms with Gasteiger partial charge in [0.15, 0.2) is 33.8 Å². The minimum atomic E-state index is -1.15. The van der Waals surface area contributed by atoms with Gasteiger partial charge >= 0.3 is 23.1 Å². The third-order valence-electron chi connectivity index (χ3n) is 6.56. The summed E-state index contributed by atoms with van der Waals surface area (Å²) in [5.41, 5.74) is 1.53. The smallest absolute Gasteiger partial charge is 0.870 e. The van der Waals surface area contributed by atoms with E-state index in [0.29, 0.717) is 27.7 Å². The Morgan fingerprint density at radius 2 is 1.90 bits per heavy atom. The van der Waals surface area contributed by atoms with E-state index in [2.05, 4.69) is 32.5 Å². The van der Waals surface area contributed by atoms with Crippen molar-refractivity contribution in [3.8, 4) is 0 Å². The van der Waals surface area contributed by atoms with E-state index in [4.69, 9.17) is 9.84 Å². The van der Waals surface area contributed by atoms with Crippen molar-refractivity contribution in [3.05, 3.63) is 35.4 Å². The molecule has 12 nitrogen and oxygen atoms in total. The molecule has 0 aliphatic heterocycles. The van der Waals surface area contributed by atoms with Gasteiger partial charge in [-0.3, -0.25) is 0 Å². The molecular formula is C23H30F2MgN6O6S. The van der Waals surface area contributed by atoms with Crippen molar-refractivity contribution in [1.82, 2.24) is 25.0 Å². The Bertz CT molecular complexity index is 1250. The van der Waals surface area contributed by atoms with Gasteiger partial charge in [-0.1, -0.05) is 30.0 Å². The summed E-state index contributed by atoms with van der Waals surface area (Å²) in [6, 6.07) is 3.26. The molecule has 1 aromatic carbocycles. The topological polar surface area (TPSA) is 198 Å². The summed E-state index contributed by atoms with van der Waals surface area (Å²) in [6.45, 7) is 1.91. The van der Waals surface area contributed by atoms with Crippen molar-refractivity contribution in [2.45, 2.75) is 67.7 Å². The monoisotopic (exact) mass is 580 g/mol. The number of anilines is 1. The summed E-state index contributed by atoms with van der Waals surface area (Å²) in [5, 5.41) is 42.5. The summed E-state index contributed by atoms with van der Waals surface area (Å²) in [4.78, 5) is 9.27. The van der Waals surface area contributed by atoms with Crippen LogP contribution >= 0.6 is 11.8 Å². The first-order valence-electron chi connectivity index (χ1n) is 12.0. The predicted molar refractivity (Wildman–Crippen MR) is 137 cm³/mol. The fraction of sp³-hybridized carbons (Fsp3) is 0.565. The van der Waals surface area contributed by atoms with Gasteiger partial charge in [0.2, 0.25) is 0 Å². The third kappa shape index (κ3) is 6.94. The number of nitrogens with zero attached hydrogens (tertiary/aromatic N) is 5. The van der Waals surface area contributed by atoms with Gasteiger partial charge in [-0.05, 0) is 30.5 Å². The van der Waals surface area contributed by atoms with Crippen LogP contribution in [0.3, 0.4) is 0 Å². The number of benzene rings is 1. The van der Waals surface area contributed by atoms with Gasteiger partial charge in [0.05, 0.1) is 25.4 Å². The molecule has 2 aliphatic carbocycles. The minimum absolute atomic E-state index is 0. The molecule has 0 unspecified atom stereocenters. The molecular weight excluding hydrogens is 551 g/mol. The Morgan fingerprint density at radius 3 is 2.59 bits per heavy atom. The van der Waals surface area contributed by atoms with Crippen molar-refractivity contribution in [2.24, 2.45) is 0 Å². The van der Waals surface area contributed by atoms with Gasteiger partial charge in [-0.15, -0.1) is 5.10 Å². The van der Waals surface area contributed by atoms with Crippen LogP contribution < -0.4 is 5.32 Å². The second kappa shape index (κ2) is 14.2. The fourth-order valence-electron chi connectivity index (χ4n) is 4.61. The number of fused-ring (bicyclic) bond motifs is 1. The zero-order valence-electron chi connectivity index (χ0n) is 21.2. The molecule has 2 aromatic heterocycles. The summed E-state index contributed by atoms with van der Waals surface area (Å²) in [6.07, 6.45) is -1.04. The second-order valence-corrected chi connectivity index (χ2v) is 10.2. The molecule has 2 fully saturated rings. The molecule has 0 bridgehead atoms. The molecule has 16 heteroatoms. The molecule has 6 atom stereocenters. The van der Waals surface area contributed by atoms with Gasteiger partial charge in [-0.25, -0.2) is 23.4 Å². The Balaban J connectivity index is 0.00000178. The van der Waals surface area contributed by atoms with Crippen LogP contribution in [0, 0.1) is 11.6 Å². The van der Waals surface area contributed by atoms with Crippen LogP contribution in [-0.2, 0) is 4.74 Å². The maximum Gasteiger partial charge on any atom is 2.00 e. The van der Waals surface area contributed by atoms with E-state index in [1.54, 1.807) is 6.07 Å². The standard InChI is InChI=1S/C23H28F2N6O4S.Mg.2H2O/c1-2-7-36-23-27-21(26-15-9-12(15)11-3-4-13(24)14(25)8-11)18-22(28-23)31(30-29-18)16-10-17(35-6-5-32)20(34)19(16)33;;;/h3-4,8,12,15-17,19-20,32-34H,2,5-7,9-10H2,1H3,(H,26,27,28);;2*1H2/q;+2;;/p-2/t12-,15+,16+,17-,19-,20+;;;/m0.../s1. The largest absolute Gasteiger partial charge is 2.00 e. The molecule has 0 saturated heterocycles. The van der Waals surface area contributed by atoms with Gasteiger partial charge in [0.1, 0.15) is 12.2 Å². The molecule has 5 rings (SSSR count). The van der Waals surface area contributed by atoms with Gasteiger partial charge in [0.25, 0.3) is 0 Å². The number of aromatic nitrogens is 5. The van der Waals surface area contributed by atoms with Crippen molar-refractivity contribution in [2.75, 3.05) is 24.3 Å². The maximum absolute atomic E-state index is 13.7. The fourth-order valence-corrected chi connectivity index (χ4v) is 5.31. The van der Waals surface area contributed by atoms with Crippen LogP contribution in [0.2, 0.25) is 0 Å². The van der Waals surface area contributed by atoms with E-state index in [9.17, 15) is 19.0 Å². The van der Waals surface area contributed by atoms with Crippen LogP contribution in [0.25, 0.3) is 11.2 Å². The van der Waals surface area contributed by atoms with Gasteiger partial charge in [0, 0.05) is 24.1 Å². The molecule has 2 saturated carbocycles. The predicted octanol–water partition coefficient (Wildman–Crippen LogP) is 1.28. The molecule has 0 radical (unpaired) electrons. The number of aliphatic hydroxyl groups is 3. The first-order valence-corrected chi connectivity index (χ1v) is 13.0. The first kappa shape index (κ1) is 33.4. The van der Waals surface area contributed by atoms with Crippen molar-refractivity contribution in [3.63, 3.8) is 0 Å². The van der Waals surface area contributed by atoms with E-state index in [1.165, 1.54) is 22.5 Å². The number of halogens is 2. The summed E-state index contributed by atoms with van der Waals surface area (Å²) < 4.78 is 34.0. The van der Waals surface area contributed by atoms with Crippen LogP contribution in [0.15, 0.2) is 23.4 Å². The van der Waals surface area contributed by atoms with E-state index < -0.39 is 36.0 Å². The van der Waals surface area contributed by atoms with Crippen LogP contribution in [0.5, 0.6) is 0 Å². The number of hydrogen-bond acceptors (Lipinski definition) is 12. The molecule has 2 aliphatic rings. The normalized spacial score (nSPS) is 25.5. The number of rotatable bonds is 10. The average molecular weight is 581 g/mol. The zero-order valence-corrected chi connectivity index (χ0v) is 23.4. The van der Waals surface area contributed by atoms with E-state index in [0.717, 1.165) is 24.7 Å². The molecule has 6 N–H and O–H groups in total. The number of hydrogen-bond donors (Lipinski definition) is 4. The first-order chi connectivity index (χ1) is 17.4. The van der Waals surface area contributed by atoms with Gasteiger partial charge < -0.3 is 36.3 Å². The number of aliphatic hydroxyl groups excluding tert-OH is 3. The number of ether oxygens (including phenoxy) is 1. The van der Waals surface area contributed by atoms with Gasteiger partial charge in [-0.2, -0.15) is 0 Å². The molecule has 2 heterocycles. The quantitative estimate of drug-likeness (QED) is 0.152. The van der Waals surface area contributed by atoms with E-state index in [-0.39, 0.29) is 65.6 Å². The third-order valence-corrected chi connectivity index (χ3v) is 7.61. The van der Waals surface area contributed by atoms with Crippen LogP contribution in [-0.4, -0.2) is 118 Å². The summed E-state index contributed by atoms with van der Waals surface area (Å²) in [5.74, 6) is -0.472. The number of thioether (sulfide) groups is 1. The summed E-state index contributed by atoms with van der Waals surface area (Å²) in [7, 11) is 0. The van der Waals surface area contributed by atoms with Crippen molar-refractivity contribution < 1.29 is 39.8 Å². The SMILES string of the molecule is CCCSc1nc(N[C@@H]2C[C@H]2c2ccc(F)c(F)c2)c2nnn([C@@H]3C[C@H](OCCO)[C@@H](O)[C@H]3O)c2n1.[Mg+2].[OH-].[OH-]. The molecule has 3 aromatic rings. The molecule has 0 amide bonds. The van der Waals surface area contributed by atoms with Crippen molar-refractivity contribution >= 4 is 51.8 Å². The molecule has 39 heavy (non-hydrogen) atoms. The Morgan fingerprint density at radius 1 is 1.13 bits per heavy atom. The van der Waals surface area contributed by atoms with E-state index in [1.807, 2.05) is 0 Å². The number of nitrogens with one attached hydrogen (secondary N) is 1. The molecule has 0 spiro atoms. The Labute approximate surface area is 243 Å².